The van der Waals surface area contributed by atoms with Crippen LogP contribution in [-0.2, 0) is 23.1 Å². The van der Waals surface area contributed by atoms with E-state index in [-0.39, 0.29) is 17.5 Å². The van der Waals surface area contributed by atoms with E-state index >= 15 is 0 Å². The molecule has 1 unspecified atom stereocenters. The summed E-state index contributed by atoms with van der Waals surface area (Å²) in [5.74, 6) is 1.98. The molecule has 4 nitrogen and oxygen atoms in total. The second-order valence-corrected chi connectivity index (χ2v) is 8.06. The van der Waals surface area contributed by atoms with E-state index in [0.717, 1.165) is 29.9 Å². The zero-order chi connectivity index (χ0) is 15.9. The number of aryl methyl sites for hydroxylation is 1. The van der Waals surface area contributed by atoms with Crippen molar-refractivity contribution in [1.82, 2.24) is 4.72 Å². The molecule has 0 aromatic heterocycles. The van der Waals surface area contributed by atoms with Gasteiger partial charge in [-0.15, -0.1) is 0 Å². The fourth-order valence-electron chi connectivity index (χ4n) is 2.06. The van der Waals surface area contributed by atoms with Gasteiger partial charge in [0.1, 0.15) is 0 Å². The molecular formula is C15H25NO3S2. The fraction of sp³-hybridized carbons (Fsp3) is 0.600. The molecular weight excluding hydrogens is 306 g/mol. The van der Waals surface area contributed by atoms with Crippen molar-refractivity contribution in [2.75, 3.05) is 11.5 Å². The topological polar surface area (TPSA) is 66.4 Å². The lowest BCUT2D eigenvalue weighted by Gasteiger charge is -2.15. The molecule has 1 atom stereocenters. The quantitative estimate of drug-likeness (QED) is 0.683. The Morgan fingerprint density at radius 1 is 1.29 bits per heavy atom. The first-order valence-electron chi connectivity index (χ1n) is 7.27. The predicted octanol–water partition coefficient (Wildman–Crippen LogP) is 2.55. The summed E-state index contributed by atoms with van der Waals surface area (Å²) in [6.45, 7) is 5.80. The third-order valence-electron chi connectivity index (χ3n) is 3.29. The molecule has 21 heavy (non-hydrogen) atoms. The minimum absolute atomic E-state index is 0.0996. The van der Waals surface area contributed by atoms with Crippen LogP contribution >= 0.6 is 11.8 Å². The minimum Gasteiger partial charge on any atom is -0.392 e. The van der Waals surface area contributed by atoms with Crippen molar-refractivity contribution in [2.45, 2.75) is 51.2 Å². The van der Waals surface area contributed by atoms with Gasteiger partial charge in [0.2, 0.25) is 10.0 Å². The number of benzene rings is 1. The summed E-state index contributed by atoms with van der Waals surface area (Å²) >= 11 is 1.80. The first kappa shape index (κ1) is 18.5. The zero-order valence-electron chi connectivity index (χ0n) is 12.9. The van der Waals surface area contributed by atoms with E-state index in [9.17, 15) is 13.5 Å². The Morgan fingerprint density at radius 2 is 2.00 bits per heavy atom. The number of aliphatic hydroxyl groups excluding tert-OH is 1. The summed E-state index contributed by atoms with van der Waals surface area (Å²) in [5.41, 5.74) is 1.65. The third-order valence-corrected chi connectivity index (χ3v) is 5.81. The van der Waals surface area contributed by atoms with Gasteiger partial charge in [0.15, 0.2) is 0 Å². The first-order valence-corrected chi connectivity index (χ1v) is 9.91. The van der Waals surface area contributed by atoms with Crippen LogP contribution in [0.25, 0.3) is 0 Å². The molecule has 6 heteroatoms. The van der Waals surface area contributed by atoms with Gasteiger partial charge in [-0.05, 0) is 54.5 Å². The lowest BCUT2D eigenvalue weighted by atomic mass is 10.1. The standard InChI is InChI=1S/C15H25NO3S2/c1-4-13-6-7-15(10-14(13)11-17)21(18,19)16-12(3)8-9-20-5-2/h6-7,10,12,16-17H,4-5,8-9,11H2,1-3H3. The maximum Gasteiger partial charge on any atom is 0.240 e. The maximum absolute atomic E-state index is 12.3. The SMILES string of the molecule is CCSCCC(C)NS(=O)(=O)c1ccc(CC)c(CO)c1. The lowest BCUT2D eigenvalue weighted by Crippen LogP contribution is -2.33. The molecule has 0 saturated carbocycles. The van der Waals surface area contributed by atoms with Gasteiger partial charge in [0.25, 0.3) is 0 Å². The molecule has 0 aliphatic carbocycles. The highest BCUT2D eigenvalue weighted by atomic mass is 32.2. The molecule has 0 spiro atoms. The largest absolute Gasteiger partial charge is 0.392 e. The molecule has 0 amide bonds. The molecule has 0 fully saturated rings. The van der Waals surface area contributed by atoms with Gasteiger partial charge in [-0.2, -0.15) is 11.8 Å². The van der Waals surface area contributed by atoms with Gasteiger partial charge in [0.05, 0.1) is 11.5 Å². The second kappa shape index (κ2) is 8.78. The van der Waals surface area contributed by atoms with Crippen LogP contribution in [0.15, 0.2) is 23.1 Å². The Balaban J connectivity index is 2.82. The molecule has 0 heterocycles. The monoisotopic (exact) mass is 331 g/mol. The highest BCUT2D eigenvalue weighted by Gasteiger charge is 2.18. The Labute approximate surface area is 132 Å². The van der Waals surface area contributed by atoms with Crippen LogP contribution in [0.2, 0.25) is 0 Å². The van der Waals surface area contributed by atoms with Crippen LogP contribution in [-0.4, -0.2) is 31.1 Å². The molecule has 0 radical (unpaired) electrons. The average molecular weight is 332 g/mol. The number of sulfonamides is 1. The van der Waals surface area contributed by atoms with Crippen molar-refractivity contribution in [3.63, 3.8) is 0 Å². The summed E-state index contributed by atoms with van der Waals surface area (Å²) in [6.07, 6.45) is 1.58. The Morgan fingerprint density at radius 3 is 2.57 bits per heavy atom. The lowest BCUT2D eigenvalue weighted by molar-refractivity contribution is 0.280. The van der Waals surface area contributed by atoms with Gasteiger partial charge < -0.3 is 5.11 Å². The number of aliphatic hydroxyl groups is 1. The molecule has 0 aliphatic rings. The number of nitrogens with one attached hydrogen (secondary N) is 1. The van der Waals surface area contributed by atoms with E-state index in [4.69, 9.17) is 0 Å². The smallest absolute Gasteiger partial charge is 0.240 e. The van der Waals surface area contributed by atoms with Gasteiger partial charge >= 0.3 is 0 Å². The van der Waals surface area contributed by atoms with E-state index in [1.54, 1.807) is 30.0 Å². The van der Waals surface area contributed by atoms with Crippen molar-refractivity contribution >= 4 is 21.8 Å². The second-order valence-electron chi connectivity index (χ2n) is 4.95. The molecule has 120 valence electrons. The third kappa shape index (κ3) is 5.62. The molecule has 2 N–H and O–H groups in total. The van der Waals surface area contributed by atoms with Gasteiger partial charge in [-0.3, -0.25) is 0 Å². The Bertz CT molecular complexity index is 544. The van der Waals surface area contributed by atoms with Gasteiger partial charge in [-0.25, -0.2) is 13.1 Å². The fourth-order valence-corrected chi connectivity index (χ4v) is 4.19. The predicted molar refractivity (Wildman–Crippen MR) is 89.1 cm³/mol. The summed E-state index contributed by atoms with van der Waals surface area (Å²) in [7, 11) is -3.52. The van der Waals surface area contributed by atoms with Gasteiger partial charge in [-0.1, -0.05) is 19.9 Å². The van der Waals surface area contributed by atoms with Crippen molar-refractivity contribution in [3.8, 4) is 0 Å². The highest BCUT2D eigenvalue weighted by Crippen LogP contribution is 2.17. The molecule has 0 bridgehead atoms. The van der Waals surface area contributed by atoms with E-state index < -0.39 is 10.0 Å². The number of rotatable bonds is 9. The van der Waals surface area contributed by atoms with E-state index in [2.05, 4.69) is 11.6 Å². The number of hydrogen-bond acceptors (Lipinski definition) is 4. The van der Waals surface area contributed by atoms with Crippen LogP contribution in [0.4, 0.5) is 0 Å². The van der Waals surface area contributed by atoms with Gasteiger partial charge in [0, 0.05) is 6.04 Å². The summed E-state index contributed by atoms with van der Waals surface area (Å²) in [6, 6.07) is 4.85. The Hall–Kier alpha value is -0.560. The normalized spacial score (nSPS) is 13.3. The van der Waals surface area contributed by atoms with E-state index in [1.807, 2.05) is 13.8 Å². The van der Waals surface area contributed by atoms with E-state index in [1.165, 1.54) is 0 Å². The first-order chi connectivity index (χ1) is 9.94. The number of thioether (sulfide) groups is 1. The molecule has 0 saturated heterocycles. The van der Waals surface area contributed by atoms with Crippen molar-refractivity contribution in [1.29, 1.82) is 0 Å². The summed E-state index contributed by atoms with van der Waals surface area (Å²) in [5, 5.41) is 9.35. The summed E-state index contributed by atoms with van der Waals surface area (Å²) in [4.78, 5) is 0.221. The van der Waals surface area contributed by atoms with Crippen LogP contribution < -0.4 is 4.72 Å². The van der Waals surface area contributed by atoms with Crippen LogP contribution in [0, 0.1) is 0 Å². The molecule has 1 aromatic rings. The van der Waals surface area contributed by atoms with E-state index in [0.29, 0.717) is 5.56 Å². The zero-order valence-corrected chi connectivity index (χ0v) is 14.6. The molecule has 1 aromatic carbocycles. The van der Waals surface area contributed by atoms with Crippen LogP contribution in [0.3, 0.4) is 0 Å². The molecule has 1 rings (SSSR count). The van der Waals surface area contributed by atoms with Crippen molar-refractivity contribution in [2.24, 2.45) is 0 Å². The van der Waals surface area contributed by atoms with Crippen molar-refractivity contribution in [3.05, 3.63) is 29.3 Å². The maximum atomic E-state index is 12.3. The molecule has 0 aliphatic heterocycles. The average Bonchev–Trinajstić information content (AvgIpc) is 2.46. The van der Waals surface area contributed by atoms with Crippen LogP contribution in [0.5, 0.6) is 0 Å². The van der Waals surface area contributed by atoms with Crippen LogP contribution in [0.1, 0.15) is 38.3 Å². The van der Waals surface area contributed by atoms with Crippen molar-refractivity contribution < 1.29 is 13.5 Å². The number of hydrogen-bond donors (Lipinski definition) is 2. The minimum atomic E-state index is -3.52. The summed E-state index contributed by atoms with van der Waals surface area (Å²) < 4.78 is 27.4. The highest BCUT2D eigenvalue weighted by molar-refractivity contribution is 7.99. The Kier molecular flexibility index (Phi) is 7.73.